The van der Waals surface area contributed by atoms with Crippen LogP contribution in [0.5, 0.6) is 0 Å². The average molecular weight is 1520 g/mol. The van der Waals surface area contributed by atoms with Crippen molar-refractivity contribution in [1.29, 1.82) is 0 Å². The minimum atomic E-state index is -0.907. The van der Waals surface area contributed by atoms with Crippen molar-refractivity contribution in [2.24, 2.45) is 0 Å². The zero-order valence-electron chi connectivity index (χ0n) is 67.0. The highest BCUT2D eigenvalue weighted by atomic mass is 19.1. The molecule has 21 heteroatoms. The number of aryl methyl sites for hydroxylation is 3. The van der Waals surface area contributed by atoms with Crippen LogP contribution in [0.1, 0.15) is 167 Å². The topological polar surface area (TPSA) is 200 Å². The summed E-state index contributed by atoms with van der Waals surface area (Å²) < 4.78 is 38.4. The third-order valence-corrected chi connectivity index (χ3v) is 20.2. The maximum Gasteiger partial charge on any atom is 0.338 e. The number of ether oxygens (including phenoxy) is 3. The van der Waals surface area contributed by atoms with Crippen molar-refractivity contribution in [3.63, 3.8) is 0 Å². The minimum Gasteiger partial charge on any atom is -0.478 e. The molecule has 0 fully saturated rings. The van der Waals surface area contributed by atoms with Crippen LogP contribution in [0.2, 0.25) is 0 Å². The van der Waals surface area contributed by atoms with Gasteiger partial charge in [-0.3, -0.25) is 38.3 Å². The molecule has 20 nitrogen and oxygen atoms in total. The summed E-state index contributed by atoms with van der Waals surface area (Å²) in [7, 11) is 9.73. The molecule has 0 amide bonds. The Hall–Kier alpha value is -11.8. The van der Waals surface area contributed by atoms with Gasteiger partial charge in [-0.25, -0.2) is 23.6 Å². The number of esters is 3. The zero-order chi connectivity index (χ0) is 80.2. The van der Waals surface area contributed by atoms with E-state index in [-0.39, 0.29) is 23.7 Å². The molecule has 12 aromatic rings. The highest BCUT2D eigenvalue weighted by molar-refractivity contribution is 5.91. The predicted molar refractivity (Wildman–Crippen MR) is 436 cm³/mol. The van der Waals surface area contributed by atoms with E-state index in [0.717, 1.165) is 114 Å². The van der Waals surface area contributed by atoms with Gasteiger partial charge >= 0.3 is 23.9 Å². The molecular formula is C92H99FN12O8. The zero-order valence-corrected chi connectivity index (χ0v) is 67.0. The van der Waals surface area contributed by atoms with Crippen LogP contribution in [0.15, 0.2) is 194 Å². The molecule has 4 aromatic heterocycles. The molecule has 4 aliphatic heterocycles. The Labute approximate surface area is 660 Å². The minimum absolute atomic E-state index is 0.265. The van der Waals surface area contributed by atoms with E-state index in [1.54, 1.807) is 54.6 Å². The summed E-state index contributed by atoms with van der Waals surface area (Å²) >= 11 is 0. The summed E-state index contributed by atoms with van der Waals surface area (Å²) in [5.74, 6) is -2.15. The Balaban J connectivity index is 0.000000132. The first-order valence-corrected chi connectivity index (χ1v) is 38.2. The van der Waals surface area contributed by atoms with Gasteiger partial charge in [0.15, 0.2) is 0 Å². The number of rotatable bonds is 16. The van der Waals surface area contributed by atoms with E-state index in [0.29, 0.717) is 54.0 Å². The van der Waals surface area contributed by atoms with Crippen LogP contribution in [0, 0.1) is 26.6 Å². The molecule has 0 spiro atoms. The Kier molecular flexibility index (Phi) is 23.6. The monoisotopic (exact) mass is 1520 g/mol. The Morgan fingerprint density at radius 1 is 0.363 bits per heavy atom. The lowest BCUT2D eigenvalue weighted by Gasteiger charge is -2.19. The number of methoxy groups -OCH3 is 1. The number of carboxylic acid groups (broad SMARTS) is 1. The number of fused-ring (bicyclic) bond motifs is 4. The molecule has 0 unspecified atom stereocenters. The van der Waals surface area contributed by atoms with Crippen molar-refractivity contribution in [1.82, 2.24) is 58.7 Å². The van der Waals surface area contributed by atoms with Gasteiger partial charge < -0.3 is 19.3 Å². The van der Waals surface area contributed by atoms with Gasteiger partial charge in [-0.05, 0) is 190 Å². The predicted octanol–water partition coefficient (Wildman–Crippen LogP) is 16.6. The molecule has 113 heavy (non-hydrogen) atoms. The van der Waals surface area contributed by atoms with Crippen LogP contribution in [0.3, 0.4) is 0 Å². The summed E-state index contributed by atoms with van der Waals surface area (Å²) in [4.78, 5) is 57.0. The first-order valence-electron chi connectivity index (χ1n) is 38.2. The van der Waals surface area contributed by atoms with Crippen molar-refractivity contribution < 1.29 is 42.9 Å². The molecular weight excluding hydrogens is 1420 g/mol. The highest BCUT2D eigenvalue weighted by Crippen LogP contribution is 2.39. The number of carboxylic acids is 1. The van der Waals surface area contributed by atoms with E-state index >= 15 is 0 Å². The lowest BCUT2D eigenvalue weighted by molar-refractivity contribution is 0.00569. The maximum absolute atomic E-state index is 14.5. The van der Waals surface area contributed by atoms with E-state index in [1.165, 1.54) is 74.6 Å². The molecule has 0 saturated carbocycles. The Morgan fingerprint density at radius 2 is 0.628 bits per heavy atom. The largest absolute Gasteiger partial charge is 0.478 e. The van der Waals surface area contributed by atoms with E-state index in [1.807, 2.05) is 125 Å². The number of carbonyl (C=O) groups excluding carboxylic acids is 3. The van der Waals surface area contributed by atoms with Gasteiger partial charge in [0.25, 0.3) is 0 Å². The third kappa shape index (κ3) is 18.6. The van der Waals surface area contributed by atoms with Gasteiger partial charge in [0.05, 0.1) is 101 Å². The summed E-state index contributed by atoms with van der Waals surface area (Å²) in [5, 5.41) is 28.7. The van der Waals surface area contributed by atoms with Crippen LogP contribution >= 0.6 is 0 Å². The number of carbonyl (C=O) groups is 4. The van der Waals surface area contributed by atoms with Crippen molar-refractivity contribution in [2.45, 2.75) is 152 Å². The van der Waals surface area contributed by atoms with Crippen LogP contribution in [-0.4, -0.2) is 134 Å². The molecule has 582 valence electrons. The Morgan fingerprint density at radius 3 is 0.912 bits per heavy atom. The molecule has 1 N–H and O–H groups in total. The highest BCUT2D eigenvalue weighted by Gasteiger charge is 2.33. The number of aromatic carboxylic acids is 1. The van der Waals surface area contributed by atoms with E-state index in [2.05, 4.69) is 138 Å². The SMILES string of the molecule is COC(=O)c1cccc(Cn2nc3c(c2-c2ccccc2F)CN(C)C3)c1.Cc1ccccc1-c1c2c(nn1Cc1cccc(C(=O)O)c1)CN(C)C2.Cc1ccccc1-c1c2c(nn1Cc1cccc(C(=O)OC(C)(C)C)c1)CN(C)C2.Cc1ccccc1-c1c2c(nn1Cc1cccc(C(=O)OC(C)(C)C)c1)CN(C)C2. The summed E-state index contributed by atoms with van der Waals surface area (Å²) in [6, 6.07) is 61.7. The van der Waals surface area contributed by atoms with E-state index in [4.69, 9.17) is 34.6 Å². The van der Waals surface area contributed by atoms with Crippen LogP contribution in [0.25, 0.3) is 45.0 Å². The fraction of sp³-hybridized carbons (Fsp3) is 0.304. The quantitative estimate of drug-likeness (QED) is 0.0706. The number of hydrogen-bond donors (Lipinski definition) is 1. The standard InChI is InChI=1S/2C25H29N3O2.C21H20FN3O2.C21H21N3O2/c2*1-17-9-6-7-12-20(17)23-21-15-27(5)16-22(21)26-28(23)14-18-10-8-11-19(13-18)24(29)30-25(2,3)4;1-24-12-17-19(13-24)23-25(20(17)16-8-3-4-9-18(16)22)11-14-6-5-7-15(10-14)21(26)27-2;1-14-6-3-4-9-17(14)20-18-12-23(2)13-19(18)22-24(20)11-15-7-5-8-16(10-15)21(25)26/h2*6-13H,14-16H2,1-5H3;3-10H,11-13H2,1-2H3;3-10H,11-13H2,1-2H3,(H,25,26). The molecule has 0 atom stereocenters. The summed E-state index contributed by atoms with van der Waals surface area (Å²) in [6.45, 7) is 26.6. The molecule has 8 heterocycles. The van der Waals surface area contributed by atoms with Gasteiger partial charge in [-0.15, -0.1) is 0 Å². The third-order valence-electron chi connectivity index (χ3n) is 20.2. The molecule has 4 aliphatic rings. The van der Waals surface area contributed by atoms with Crippen LogP contribution in [-0.2, 0) is 92.7 Å². The van der Waals surface area contributed by atoms with E-state index in [9.17, 15) is 28.7 Å². The number of halogens is 1. The molecule has 16 rings (SSSR count). The normalized spacial score (nSPS) is 13.9. The van der Waals surface area contributed by atoms with Crippen LogP contribution < -0.4 is 0 Å². The second kappa shape index (κ2) is 33.7. The average Bonchev–Trinajstić information content (AvgIpc) is 1.63. The van der Waals surface area contributed by atoms with Gasteiger partial charge in [0.1, 0.15) is 17.0 Å². The maximum atomic E-state index is 14.5. The van der Waals surface area contributed by atoms with Crippen molar-refractivity contribution in [3.8, 4) is 45.0 Å². The fourth-order valence-electron chi connectivity index (χ4n) is 15.2. The van der Waals surface area contributed by atoms with Gasteiger partial charge in [-0.2, -0.15) is 20.4 Å². The molecule has 8 aromatic carbocycles. The van der Waals surface area contributed by atoms with Crippen molar-refractivity contribution in [2.75, 3.05) is 35.3 Å². The number of hydrogen-bond acceptors (Lipinski definition) is 15. The lowest BCUT2D eigenvalue weighted by Crippen LogP contribution is -2.24. The van der Waals surface area contributed by atoms with Gasteiger partial charge in [0.2, 0.25) is 0 Å². The first kappa shape index (κ1) is 79.3. The fourth-order valence-corrected chi connectivity index (χ4v) is 15.2. The van der Waals surface area contributed by atoms with Crippen molar-refractivity contribution >= 4 is 23.9 Å². The van der Waals surface area contributed by atoms with Gasteiger partial charge in [0, 0.05) is 96.9 Å². The number of nitrogens with zero attached hydrogens (tertiary/aromatic N) is 12. The van der Waals surface area contributed by atoms with Crippen molar-refractivity contribution in [3.05, 3.63) is 306 Å². The second-order valence-electron chi connectivity index (χ2n) is 31.9. The summed E-state index contributed by atoms with van der Waals surface area (Å²) in [6.07, 6.45) is 0. The van der Waals surface area contributed by atoms with Crippen LogP contribution in [0.4, 0.5) is 4.39 Å². The number of benzene rings is 8. The molecule has 0 bridgehead atoms. The first-order chi connectivity index (χ1) is 54.0. The van der Waals surface area contributed by atoms with E-state index < -0.39 is 17.2 Å². The second-order valence-corrected chi connectivity index (χ2v) is 31.9. The molecule has 0 radical (unpaired) electrons. The van der Waals surface area contributed by atoms with Gasteiger partial charge in [-0.1, -0.05) is 133 Å². The number of aromatic nitrogens is 8. The molecule has 0 saturated heterocycles. The summed E-state index contributed by atoms with van der Waals surface area (Å²) in [5.41, 5.74) is 26.2. The lowest BCUT2D eigenvalue weighted by atomic mass is 10.0. The smallest absolute Gasteiger partial charge is 0.338 e. The molecule has 0 aliphatic carbocycles. The Bertz CT molecular complexity index is 5360.